The van der Waals surface area contributed by atoms with Crippen molar-refractivity contribution in [2.24, 2.45) is 0 Å². The number of esters is 1. The van der Waals surface area contributed by atoms with Gasteiger partial charge in [0, 0.05) is 0 Å². The Bertz CT molecular complexity index is 421. The fourth-order valence-electron chi connectivity index (χ4n) is 1.49. The van der Waals surface area contributed by atoms with E-state index in [1.165, 1.54) is 0 Å². The predicted molar refractivity (Wildman–Crippen MR) is 69.8 cm³/mol. The number of carbonyl (C=O) groups is 3. The van der Waals surface area contributed by atoms with Crippen molar-refractivity contribution in [1.82, 2.24) is 0 Å². The molecule has 0 radical (unpaired) electrons. The van der Waals surface area contributed by atoms with E-state index in [9.17, 15) is 29.7 Å². The van der Waals surface area contributed by atoms with Gasteiger partial charge in [0.15, 0.2) is 29.9 Å². The molecular weight excluding hydrogens is 320 g/mol. The zero-order valence-electron chi connectivity index (χ0n) is 12.1. The van der Waals surface area contributed by atoms with Crippen molar-refractivity contribution in [2.45, 2.75) is 43.0 Å². The number of hydrogen-bond acceptors (Lipinski definition) is 11. The molecular formula is C12H20O11. The van der Waals surface area contributed by atoms with E-state index in [0.29, 0.717) is 6.92 Å². The molecule has 6 atom stereocenters. The summed E-state index contributed by atoms with van der Waals surface area (Å²) in [5, 5.41) is 64.4. The van der Waals surface area contributed by atoms with Crippen molar-refractivity contribution in [1.29, 1.82) is 0 Å². The molecule has 0 fully saturated rings. The average molecular weight is 340 g/mol. The Hall–Kier alpha value is -1.47. The summed E-state index contributed by atoms with van der Waals surface area (Å²) in [6, 6.07) is 0. The number of Topliss-reactive ketones (excluding diaryl/α,β-unsaturated/α-hetero) is 1. The van der Waals surface area contributed by atoms with Crippen LogP contribution in [0.3, 0.4) is 0 Å². The molecule has 0 saturated carbocycles. The Kier molecular flexibility index (Phi) is 8.41. The van der Waals surface area contributed by atoms with Gasteiger partial charge in [-0.1, -0.05) is 0 Å². The third-order valence-corrected chi connectivity index (χ3v) is 3.03. The van der Waals surface area contributed by atoms with Crippen LogP contribution in [0.15, 0.2) is 0 Å². The lowest BCUT2D eigenvalue weighted by atomic mass is 9.90. The number of ether oxygens (including phenoxy) is 1. The molecule has 11 nitrogen and oxygen atoms in total. The molecule has 0 saturated heterocycles. The lowest BCUT2D eigenvalue weighted by Crippen LogP contribution is -2.56. The topological polar surface area (TPSA) is 202 Å². The number of ketones is 1. The number of aldehydes is 1. The summed E-state index contributed by atoms with van der Waals surface area (Å²) in [5.41, 5.74) is -2.85. The molecule has 134 valence electrons. The highest BCUT2D eigenvalue weighted by Gasteiger charge is 2.47. The van der Waals surface area contributed by atoms with Gasteiger partial charge in [0.25, 0.3) is 0 Å². The fourth-order valence-corrected chi connectivity index (χ4v) is 1.49. The minimum atomic E-state index is -2.85. The Balaban J connectivity index is 5.07. The summed E-state index contributed by atoms with van der Waals surface area (Å²) < 4.78 is 4.36. The van der Waals surface area contributed by atoms with Crippen LogP contribution < -0.4 is 0 Å². The lowest BCUT2D eigenvalue weighted by Gasteiger charge is -2.29. The molecule has 0 amide bonds. The fraction of sp³-hybridized carbons (Fsp3) is 0.750. The van der Waals surface area contributed by atoms with Crippen LogP contribution in [0.2, 0.25) is 0 Å². The molecule has 11 heteroatoms. The second kappa shape index (κ2) is 8.98. The number of aliphatic hydroxyl groups excluding tert-OH is 6. The highest BCUT2D eigenvalue weighted by Crippen LogP contribution is 2.16. The predicted octanol–water partition coefficient (Wildman–Crippen LogP) is -5.15. The third-order valence-electron chi connectivity index (χ3n) is 3.03. The van der Waals surface area contributed by atoms with E-state index < -0.39 is 61.1 Å². The van der Waals surface area contributed by atoms with E-state index in [4.69, 9.17) is 20.4 Å². The van der Waals surface area contributed by atoms with Gasteiger partial charge < -0.3 is 40.5 Å². The molecule has 0 heterocycles. The van der Waals surface area contributed by atoms with Gasteiger partial charge in [0.05, 0.1) is 13.2 Å². The van der Waals surface area contributed by atoms with Gasteiger partial charge in [-0.2, -0.15) is 0 Å². The minimum absolute atomic E-state index is 0.104. The van der Waals surface area contributed by atoms with Crippen LogP contribution in [-0.2, 0) is 19.1 Å². The molecule has 0 aliphatic heterocycles. The first-order valence-electron chi connectivity index (χ1n) is 6.41. The molecule has 0 spiro atoms. The Morgan fingerprint density at radius 3 is 2.04 bits per heavy atom. The van der Waals surface area contributed by atoms with E-state index in [1.54, 1.807) is 0 Å². The Morgan fingerprint density at radius 1 is 1.13 bits per heavy atom. The molecule has 0 aromatic heterocycles. The first-order chi connectivity index (χ1) is 10.5. The molecule has 0 aliphatic rings. The van der Waals surface area contributed by atoms with Crippen LogP contribution in [0.4, 0.5) is 0 Å². The zero-order valence-corrected chi connectivity index (χ0v) is 12.1. The SMILES string of the molecule is C[C@](O)(C(=O)[C@@H](O)CO)[C@H](O)C(=O)O[C@H](C=O)[C@H](O)[C@H](O)CO. The van der Waals surface area contributed by atoms with Crippen LogP contribution in [0.1, 0.15) is 6.92 Å². The molecule has 7 N–H and O–H groups in total. The van der Waals surface area contributed by atoms with Crippen LogP contribution in [0.25, 0.3) is 0 Å². The number of carbonyl (C=O) groups excluding carboxylic acids is 3. The zero-order chi connectivity index (χ0) is 18.4. The second-order valence-electron chi connectivity index (χ2n) is 4.89. The molecule has 0 bridgehead atoms. The first kappa shape index (κ1) is 21.5. The van der Waals surface area contributed by atoms with Crippen molar-refractivity contribution in [3.63, 3.8) is 0 Å². The van der Waals surface area contributed by atoms with Crippen LogP contribution in [0.5, 0.6) is 0 Å². The summed E-state index contributed by atoms with van der Waals surface area (Å²) in [6.45, 7) is -1.37. The van der Waals surface area contributed by atoms with Crippen molar-refractivity contribution in [3.05, 3.63) is 0 Å². The Morgan fingerprint density at radius 2 is 1.65 bits per heavy atom. The normalized spacial score (nSPS) is 20.5. The monoisotopic (exact) mass is 340 g/mol. The summed E-state index contributed by atoms with van der Waals surface area (Å²) in [4.78, 5) is 34.0. The van der Waals surface area contributed by atoms with Gasteiger partial charge in [-0.05, 0) is 6.92 Å². The maximum atomic E-state index is 11.6. The molecule has 23 heavy (non-hydrogen) atoms. The highest BCUT2D eigenvalue weighted by atomic mass is 16.6. The molecule has 0 unspecified atom stereocenters. The van der Waals surface area contributed by atoms with E-state index in [1.807, 2.05) is 0 Å². The van der Waals surface area contributed by atoms with Gasteiger partial charge in [-0.25, -0.2) is 4.79 Å². The lowest BCUT2D eigenvalue weighted by molar-refractivity contribution is -0.187. The van der Waals surface area contributed by atoms with Gasteiger partial charge in [-0.3, -0.25) is 9.59 Å². The van der Waals surface area contributed by atoms with Gasteiger partial charge in [-0.15, -0.1) is 0 Å². The van der Waals surface area contributed by atoms with Crippen molar-refractivity contribution >= 4 is 18.0 Å². The van der Waals surface area contributed by atoms with Crippen LogP contribution in [-0.4, -0.2) is 103 Å². The number of aliphatic hydroxyl groups is 7. The summed E-state index contributed by atoms with van der Waals surface area (Å²) in [5.74, 6) is -3.20. The van der Waals surface area contributed by atoms with Crippen LogP contribution >= 0.6 is 0 Å². The van der Waals surface area contributed by atoms with Crippen molar-refractivity contribution in [3.8, 4) is 0 Å². The summed E-state index contributed by atoms with van der Waals surface area (Å²) in [6.07, 6.45) is -10.6. The van der Waals surface area contributed by atoms with Gasteiger partial charge in [0.1, 0.15) is 18.3 Å². The van der Waals surface area contributed by atoms with E-state index in [-0.39, 0.29) is 6.29 Å². The maximum Gasteiger partial charge on any atom is 0.339 e. The third kappa shape index (κ3) is 5.28. The van der Waals surface area contributed by atoms with Crippen molar-refractivity contribution in [2.75, 3.05) is 13.2 Å². The quantitative estimate of drug-likeness (QED) is 0.148. The Labute approximate surface area is 130 Å². The van der Waals surface area contributed by atoms with E-state index in [0.717, 1.165) is 0 Å². The standard InChI is InChI=1S/C12H20O11/c1-12(22,9(19)6(17)3-14)10(20)11(21)23-7(4-15)8(18)5(16)2-13/h4-8,10,13-14,16-18,20,22H,2-3H2,1H3/t5-,6+,7-,8-,10-,12+/m1/s1. The molecule has 0 aliphatic carbocycles. The molecule has 0 aromatic rings. The first-order valence-corrected chi connectivity index (χ1v) is 6.41. The summed E-state index contributed by atoms with van der Waals surface area (Å²) in [7, 11) is 0. The van der Waals surface area contributed by atoms with Crippen molar-refractivity contribution < 1.29 is 54.9 Å². The minimum Gasteiger partial charge on any atom is -0.450 e. The smallest absolute Gasteiger partial charge is 0.339 e. The second-order valence-corrected chi connectivity index (χ2v) is 4.89. The van der Waals surface area contributed by atoms with E-state index in [2.05, 4.69) is 4.74 Å². The summed E-state index contributed by atoms with van der Waals surface area (Å²) >= 11 is 0. The number of rotatable bonds is 10. The van der Waals surface area contributed by atoms with Gasteiger partial charge >= 0.3 is 5.97 Å². The molecule has 0 aromatic carbocycles. The highest BCUT2D eigenvalue weighted by molar-refractivity contribution is 5.96. The largest absolute Gasteiger partial charge is 0.450 e. The average Bonchev–Trinajstić information content (AvgIpc) is 2.55. The number of hydrogen-bond donors (Lipinski definition) is 7. The van der Waals surface area contributed by atoms with Gasteiger partial charge in [0.2, 0.25) is 0 Å². The van der Waals surface area contributed by atoms with E-state index >= 15 is 0 Å². The van der Waals surface area contributed by atoms with Crippen LogP contribution in [0, 0.1) is 0 Å². The maximum absolute atomic E-state index is 11.6. The molecule has 0 rings (SSSR count).